The van der Waals surface area contributed by atoms with Gasteiger partial charge in [0.2, 0.25) is 0 Å². The van der Waals surface area contributed by atoms with Crippen LogP contribution < -0.4 is 5.73 Å². The molecule has 0 heterocycles. The average molecular weight is 863 g/mol. The van der Waals surface area contributed by atoms with Crippen molar-refractivity contribution in [1.82, 2.24) is 0 Å². The maximum atomic E-state index is 14.0. The maximum absolute atomic E-state index is 14.0. The van der Waals surface area contributed by atoms with Gasteiger partial charge < -0.3 is 25.2 Å². The SMILES string of the molecule is [2H]C([2H])([2H])C([2H])([2H])C([2H])([2H])C([2H])([2H])C([2H])([2H])C([2H])([2H])C([2H])([2H])C([2H])([2H])C([2H])([2H])C([2H])([2H])C([2H])([2H])C([2H])([2H])C([2H])([2H])C([2H])([2H])C([2H])([2H])C([2H])([2H])C([2H])([2H])C(=O)OC[C@H](COP(=O)(O)OC[C@H](N)C(=O)O)OC(=O)C([2H])([2H])C([2H])([2H])C([2H])([2H])C([2H])([2H])C([2H])([2H])C([2H])([2H])C([2H])([2H])C([2H])([2H])C([2H])([2H])C([2H])([2H])C([2H])([2H])C([2H])([2H])C([2H])([2H])C([2H])([2H])C([2H])([2H])C([2H])([2H])C([2H])([2H])[2H]. The molecule has 3 atom stereocenters. The van der Waals surface area contributed by atoms with Gasteiger partial charge in [0.1, 0.15) is 12.6 Å². The summed E-state index contributed by atoms with van der Waals surface area (Å²) >= 11 is 0. The summed E-state index contributed by atoms with van der Waals surface area (Å²) in [6, 6.07) is -2.30. The molecule has 0 spiro atoms. The zero-order valence-corrected chi connectivity index (χ0v) is 27.9. The number of nitrogens with two attached hydrogens (primary N) is 1. The van der Waals surface area contributed by atoms with Crippen molar-refractivity contribution in [1.29, 1.82) is 0 Å². The van der Waals surface area contributed by atoms with Crippen LogP contribution >= 0.6 is 7.82 Å². The molecule has 0 bridgehead atoms. The van der Waals surface area contributed by atoms with E-state index in [9.17, 15) is 23.8 Å². The molecule has 0 radical (unpaired) electrons. The fourth-order valence-electron chi connectivity index (χ4n) is 1.94. The molecule has 0 saturated heterocycles. The van der Waals surface area contributed by atoms with E-state index in [0.29, 0.717) is 0 Å². The first-order valence-electron chi connectivity index (χ1n) is 48.4. The van der Waals surface area contributed by atoms with E-state index >= 15 is 0 Å². The van der Waals surface area contributed by atoms with Crippen LogP contribution in [0.25, 0.3) is 0 Å². The first-order valence-corrected chi connectivity index (χ1v) is 14.9. The molecule has 0 aromatic carbocycles. The number of phosphoric ester groups is 1. The molecule has 0 amide bonds. The average Bonchev–Trinajstić information content (AvgIpc) is 0.677. The molecule has 0 aliphatic carbocycles. The summed E-state index contributed by atoms with van der Waals surface area (Å²) in [7, 11) is -6.10. The summed E-state index contributed by atoms with van der Waals surface area (Å²) in [4.78, 5) is 49.4. The third kappa shape index (κ3) is 37.4. The number of aliphatic carboxylic acids is 1. The smallest absolute Gasteiger partial charge is 0.472 e. The Morgan fingerprint density at radius 3 is 1.26 bits per heavy atom. The Kier molecular flexibility index (Phi) is 6.69. The highest BCUT2D eigenvalue weighted by atomic mass is 31.2. The Bertz CT molecular complexity index is 3900. The van der Waals surface area contributed by atoms with E-state index in [1.54, 1.807) is 0 Å². The lowest BCUT2D eigenvalue weighted by molar-refractivity contribution is -0.161. The van der Waals surface area contributed by atoms with Crippen molar-refractivity contribution < 1.29 is 143 Å². The van der Waals surface area contributed by atoms with Crippen LogP contribution in [0.1, 0.15) is 314 Å². The standard InChI is InChI=1S/C42H82NO10P/c1-3-5-7-9-11-13-15-17-19-21-23-25-27-29-31-33-40(44)50-35-38(36-51-54(48,49)52-37-39(43)42(46)47)53-41(45)34-32-30-28-26-24-22-20-18-16-14-12-10-8-6-4-2/h38-39H,3-37,43H2,1-2H3,(H,46,47)(H,48,49)/t38-,39+/m1/s1/i1D3,2D3,3D2,4D2,5D2,6D2,7D2,8D2,9D2,10D2,11D2,12D2,13D2,14D2,15D2,16D2,17D2,18D2,19D2,20D2,21D2,22D2,23D2,24D2,25D2,26D2,27D2,28D2,29D2,30D2,31D2,32D2,33D2,34D2. The highest BCUT2D eigenvalue weighted by Gasteiger charge is 2.28. The van der Waals surface area contributed by atoms with E-state index in [4.69, 9.17) is 107 Å². The largest absolute Gasteiger partial charge is 0.480 e. The zero-order chi connectivity index (χ0) is 102. The molecule has 0 rings (SSSR count). The van der Waals surface area contributed by atoms with Gasteiger partial charge in [0.25, 0.3) is 0 Å². The van der Waals surface area contributed by atoms with Crippen LogP contribution in [0.2, 0.25) is 0 Å². The van der Waals surface area contributed by atoms with Crippen molar-refractivity contribution in [2.75, 3.05) is 19.8 Å². The third-order valence-corrected chi connectivity index (χ3v) is 4.86. The molecule has 12 heteroatoms. The molecule has 0 aliphatic rings. The lowest BCUT2D eigenvalue weighted by Crippen LogP contribution is -2.34. The van der Waals surface area contributed by atoms with Gasteiger partial charge in [-0.1, -0.05) is 192 Å². The van der Waals surface area contributed by atoms with Crippen LogP contribution in [0.5, 0.6) is 0 Å². The summed E-state index contributed by atoms with van der Waals surface area (Å²) in [5.41, 5.74) is 5.16. The lowest BCUT2D eigenvalue weighted by Gasteiger charge is -2.20. The van der Waals surface area contributed by atoms with Crippen LogP contribution in [-0.2, 0) is 37.5 Å². The molecule has 320 valence electrons. The van der Waals surface area contributed by atoms with Gasteiger partial charge in [-0.3, -0.25) is 23.4 Å². The highest BCUT2D eigenvalue weighted by Crippen LogP contribution is 2.43. The van der Waals surface area contributed by atoms with Crippen molar-refractivity contribution in [3.05, 3.63) is 0 Å². The van der Waals surface area contributed by atoms with Gasteiger partial charge in [-0.15, -0.1) is 0 Å². The molecule has 54 heavy (non-hydrogen) atoms. The first-order chi connectivity index (χ1) is 52.5. The summed E-state index contributed by atoms with van der Waals surface area (Å²) < 4.78 is 608. The topological polar surface area (TPSA) is 172 Å². The normalized spacial score (nSPS) is 41.9. The highest BCUT2D eigenvalue weighted by molar-refractivity contribution is 7.47. The second-order valence-electron chi connectivity index (χ2n) is 7.63. The van der Waals surface area contributed by atoms with E-state index < -0.39 is 275 Å². The predicted molar refractivity (Wildman–Crippen MR) is 217 cm³/mol. The number of carboxylic acid groups (broad SMARTS) is 1. The minimum Gasteiger partial charge on any atom is -0.480 e. The van der Waals surface area contributed by atoms with Crippen LogP contribution in [-0.4, -0.2) is 59.9 Å². The van der Waals surface area contributed by atoms with Gasteiger partial charge in [-0.2, -0.15) is 0 Å². The van der Waals surface area contributed by atoms with E-state index in [2.05, 4.69) is 18.5 Å². The summed E-state index contributed by atoms with van der Waals surface area (Å²) in [6.45, 7) is -14.9. The van der Waals surface area contributed by atoms with Gasteiger partial charge in [-0.05, 0) is 12.7 Å². The van der Waals surface area contributed by atoms with Crippen LogP contribution in [0.4, 0.5) is 0 Å². The van der Waals surface area contributed by atoms with Crippen molar-refractivity contribution >= 4 is 25.7 Å². The monoisotopic (exact) mass is 862 g/mol. The Balaban J connectivity index is 8.41. The van der Waals surface area contributed by atoms with Gasteiger partial charge in [0.15, 0.2) is 6.10 Å². The van der Waals surface area contributed by atoms with Gasteiger partial charge >= 0.3 is 25.7 Å². The number of hydrogen-bond acceptors (Lipinski definition) is 9. The molecular weight excluding hydrogens is 709 g/mol. The second kappa shape index (κ2) is 38.4. The van der Waals surface area contributed by atoms with Crippen molar-refractivity contribution in [3.8, 4) is 0 Å². The Morgan fingerprint density at radius 2 is 0.889 bits per heavy atom. The van der Waals surface area contributed by atoms with Gasteiger partial charge in [0, 0.05) is 109 Å². The second-order valence-corrected chi connectivity index (χ2v) is 9.08. The molecule has 0 aliphatic heterocycles. The first kappa shape index (κ1) is 9.42. The van der Waals surface area contributed by atoms with Crippen molar-refractivity contribution in [2.24, 2.45) is 5.73 Å². The van der Waals surface area contributed by atoms with E-state index in [0.717, 1.165) is 0 Å². The predicted octanol–water partition coefficient (Wildman–Crippen LogP) is 11.5. The van der Waals surface area contributed by atoms with Crippen LogP contribution in [0.3, 0.4) is 0 Å². The van der Waals surface area contributed by atoms with Crippen LogP contribution in [0, 0.1) is 0 Å². The summed E-state index contributed by atoms with van der Waals surface area (Å²) in [6.07, 6.45) is -176. The van der Waals surface area contributed by atoms with Crippen molar-refractivity contribution in [3.63, 3.8) is 0 Å². The molecule has 0 aromatic heterocycles. The summed E-state index contributed by atoms with van der Waals surface area (Å²) in [5, 5.41) is 9.09. The number of phosphoric acid groups is 1. The minimum absolute atomic E-state index is 1.60. The molecule has 1 unspecified atom stereocenters. The van der Waals surface area contributed by atoms with E-state index in [-0.39, 0.29) is 0 Å². The number of carbonyl (C=O) groups is 3. The molecule has 4 N–H and O–H groups in total. The molecule has 0 fully saturated rings. The molecule has 0 saturated carbocycles. The van der Waals surface area contributed by atoms with Crippen molar-refractivity contribution in [2.45, 2.75) is 230 Å². The lowest BCUT2D eigenvalue weighted by atomic mass is 10.0. The molecule has 0 aromatic rings. The quantitative estimate of drug-likeness (QED) is 0.0394. The van der Waals surface area contributed by atoms with Gasteiger partial charge in [-0.25, -0.2) is 4.57 Å². The minimum atomic E-state index is -6.10. The number of carbonyl (C=O) groups excluding carboxylic acids is 2. The fraction of sp³-hybridized carbons (Fsp3) is 0.929. The number of ether oxygens (including phenoxy) is 2. The Morgan fingerprint density at radius 1 is 0.556 bits per heavy atom. The molecule has 11 nitrogen and oxygen atoms in total. The third-order valence-electron chi connectivity index (χ3n) is 3.91. The van der Waals surface area contributed by atoms with E-state index in [1.807, 2.05) is 0 Å². The molecular formula is C42H82NO10P. The number of carboxylic acids is 1. The maximum Gasteiger partial charge on any atom is 0.472 e. The zero-order valence-electron chi connectivity index (χ0n) is 97.0. The van der Waals surface area contributed by atoms with E-state index in [1.165, 1.54) is 0 Å². The number of rotatable bonds is 42. The summed E-state index contributed by atoms with van der Waals surface area (Å²) in [5.74, 6) is -8.48. The fourth-order valence-corrected chi connectivity index (χ4v) is 2.72. The van der Waals surface area contributed by atoms with Crippen LogP contribution in [0.15, 0.2) is 0 Å². The number of esters is 2. The Hall–Kier alpha value is -1.52. The van der Waals surface area contributed by atoms with Gasteiger partial charge in [0.05, 0.1) is 13.2 Å². The number of hydrogen-bond donors (Lipinski definition) is 3. The Labute approximate surface area is 427 Å².